The van der Waals surface area contributed by atoms with E-state index >= 15 is 0 Å². The average Bonchev–Trinajstić information content (AvgIpc) is 2.79. The fourth-order valence-electron chi connectivity index (χ4n) is 2.28. The zero-order valence-corrected chi connectivity index (χ0v) is 10.8. The molecule has 0 aromatic heterocycles. The second-order valence-electron chi connectivity index (χ2n) is 4.92. The van der Waals surface area contributed by atoms with Gasteiger partial charge in [0.05, 0.1) is 0 Å². The Morgan fingerprint density at radius 2 is 2.05 bits per heavy atom. The van der Waals surface area contributed by atoms with E-state index in [1.165, 1.54) is 16.8 Å². The van der Waals surface area contributed by atoms with Gasteiger partial charge in [0.1, 0.15) is 0 Å². The normalized spacial score (nSPS) is 14.3. The second-order valence-corrected chi connectivity index (χ2v) is 4.92. The Morgan fingerprint density at radius 1 is 1.21 bits per heavy atom. The summed E-state index contributed by atoms with van der Waals surface area (Å²) in [6.07, 6.45) is -2.89. The van der Waals surface area contributed by atoms with Crippen molar-refractivity contribution in [2.24, 2.45) is 0 Å². The molecule has 1 aromatic rings. The molecule has 0 unspecified atom stereocenters. The largest absolute Gasteiger partial charge is 0.389 e. The Hall–Kier alpha value is -1.23. The molecule has 1 aliphatic heterocycles. The minimum atomic E-state index is -4.02. The number of hydrogen-bond donors (Lipinski definition) is 2. The summed E-state index contributed by atoms with van der Waals surface area (Å²) in [5.41, 5.74) is 3.73. The van der Waals surface area contributed by atoms with Crippen LogP contribution in [-0.4, -0.2) is 19.3 Å². The fraction of sp³-hybridized carbons (Fsp3) is 0.571. The molecule has 1 aliphatic rings. The lowest BCUT2D eigenvalue weighted by molar-refractivity contribution is -0.135. The first-order valence-corrected chi connectivity index (χ1v) is 6.68. The van der Waals surface area contributed by atoms with Gasteiger partial charge in [-0.3, -0.25) is 0 Å². The van der Waals surface area contributed by atoms with Crippen molar-refractivity contribution in [3.63, 3.8) is 0 Å². The zero-order chi connectivity index (χ0) is 13.7. The maximum absolute atomic E-state index is 11.9. The molecule has 19 heavy (non-hydrogen) atoms. The second kappa shape index (κ2) is 6.28. The molecule has 0 bridgehead atoms. The first kappa shape index (κ1) is 14.2. The van der Waals surface area contributed by atoms with Gasteiger partial charge in [0.25, 0.3) is 0 Å². The van der Waals surface area contributed by atoms with Crippen LogP contribution in [0.2, 0.25) is 0 Å². The topological polar surface area (TPSA) is 24.1 Å². The summed E-state index contributed by atoms with van der Waals surface area (Å²) in [4.78, 5) is 0. The monoisotopic (exact) mass is 272 g/mol. The van der Waals surface area contributed by atoms with E-state index in [0.29, 0.717) is 13.0 Å². The van der Waals surface area contributed by atoms with Crippen molar-refractivity contribution < 1.29 is 13.2 Å². The van der Waals surface area contributed by atoms with Gasteiger partial charge in [-0.1, -0.05) is 12.1 Å². The zero-order valence-electron chi connectivity index (χ0n) is 10.8. The lowest BCUT2D eigenvalue weighted by Gasteiger charge is -2.08. The van der Waals surface area contributed by atoms with E-state index in [2.05, 4.69) is 28.8 Å². The Balaban J connectivity index is 1.63. The third kappa shape index (κ3) is 4.74. The van der Waals surface area contributed by atoms with E-state index in [4.69, 9.17) is 0 Å². The van der Waals surface area contributed by atoms with E-state index in [1.54, 1.807) is 0 Å². The van der Waals surface area contributed by atoms with Gasteiger partial charge < -0.3 is 10.6 Å². The molecular formula is C14H19F3N2. The standard InChI is InChI=1S/C14H19F3N2/c15-14(16,17)6-1-2-7-18-10-11-3-4-13-12(9-11)5-8-19-13/h3-4,9,18-19H,1-2,5-8,10H2. The molecule has 0 spiro atoms. The number of nitrogens with one attached hydrogen (secondary N) is 2. The number of rotatable bonds is 6. The fourth-order valence-corrected chi connectivity index (χ4v) is 2.28. The van der Waals surface area contributed by atoms with Gasteiger partial charge in [0.15, 0.2) is 0 Å². The van der Waals surface area contributed by atoms with Crippen molar-refractivity contribution in [2.75, 3.05) is 18.4 Å². The molecule has 0 aliphatic carbocycles. The van der Waals surface area contributed by atoms with E-state index in [9.17, 15) is 13.2 Å². The summed E-state index contributed by atoms with van der Waals surface area (Å²) >= 11 is 0. The third-order valence-electron chi connectivity index (χ3n) is 3.27. The molecule has 2 rings (SSSR count). The molecule has 0 saturated heterocycles. The van der Waals surface area contributed by atoms with Gasteiger partial charge >= 0.3 is 6.18 Å². The number of halogens is 3. The molecule has 2 nitrogen and oxygen atoms in total. The van der Waals surface area contributed by atoms with Crippen LogP contribution in [0.15, 0.2) is 18.2 Å². The average molecular weight is 272 g/mol. The lowest BCUT2D eigenvalue weighted by atomic mass is 10.1. The minimum absolute atomic E-state index is 0.199. The van der Waals surface area contributed by atoms with Crippen LogP contribution < -0.4 is 10.6 Å². The van der Waals surface area contributed by atoms with Gasteiger partial charge in [-0.25, -0.2) is 0 Å². The SMILES string of the molecule is FC(F)(F)CCCCNCc1ccc2c(c1)CCN2. The van der Waals surface area contributed by atoms with E-state index in [1.807, 2.05) is 0 Å². The molecule has 0 radical (unpaired) electrons. The van der Waals surface area contributed by atoms with Crippen molar-refractivity contribution in [1.82, 2.24) is 5.32 Å². The summed E-state index contributed by atoms with van der Waals surface area (Å²) in [5, 5.41) is 6.49. The predicted octanol–water partition coefficient (Wildman–Crippen LogP) is 3.48. The van der Waals surface area contributed by atoms with Gasteiger partial charge in [-0.05, 0) is 43.0 Å². The maximum atomic E-state index is 11.9. The van der Waals surface area contributed by atoms with Gasteiger partial charge in [-0.15, -0.1) is 0 Å². The molecule has 0 atom stereocenters. The van der Waals surface area contributed by atoms with Crippen LogP contribution in [0.4, 0.5) is 18.9 Å². The van der Waals surface area contributed by atoms with Crippen molar-refractivity contribution in [3.8, 4) is 0 Å². The van der Waals surface area contributed by atoms with Crippen LogP contribution in [-0.2, 0) is 13.0 Å². The summed E-state index contributed by atoms with van der Waals surface area (Å²) in [5.74, 6) is 0. The first-order chi connectivity index (χ1) is 9.04. The summed E-state index contributed by atoms with van der Waals surface area (Å²) in [6.45, 7) is 2.34. The molecule has 106 valence electrons. The van der Waals surface area contributed by atoms with E-state index in [-0.39, 0.29) is 6.42 Å². The highest BCUT2D eigenvalue weighted by Gasteiger charge is 2.25. The van der Waals surface area contributed by atoms with Crippen molar-refractivity contribution in [2.45, 2.75) is 38.4 Å². The van der Waals surface area contributed by atoms with Crippen LogP contribution in [0.1, 0.15) is 30.4 Å². The predicted molar refractivity (Wildman–Crippen MR) is 70.2 cm³/mol. The van der Waals surface area contributed by atoms with Crippen LogP contribution >= 0.6 is 0 Å². The van der Waals surface area contributed by atoms with Gasteiger partial charge in [0, 0.05) is 25.2 Å². The molecule has 5 heteroatoms. The molecule has 2 N–H and O–H groups in total. The highest BCUT2D eigenvalue weighted by Crippen LogP contribution is 2.23. The molecule has 0 amide bonds. The Kier molecular flexibility index (Phi) is 4.69. The Labute approximate surface area is 111 Å². The highest BCUT2D eigenvalue weighted by atomic mass is 19.4. The molecule has 1 heterocycles. The van der Waals surface area contributed by atoms with Crippen molar-refractivity contribution >= 4 is 5.69 Å². The lowest BCUT2D eigenvalue weighted by Crippen LogP contribution is -2.16. The molecule has 0 fully saturated rings. The van der Waals surface area contributed by atoms with Gasteiger partial charge in [0.2, 0.25) is 0 Å². The Morgan fingerprint density at radius 3 is 2.84 bits per heavy atom. The number of fused-ring (bicyclic) bond motifs is 1. The number of unbranched alkanes of at least 4 members (excludes halogenated alkanes) is 1. The number of benzene rings is 1. The summed E-state index contributed by atoms with van der Waals surface area (Å²) < 4.78 is 35.8. The summed E-state index contributed by atoms with van der Waals surface area (Å²) in [7, 11) is 0. The van der Waals surface area contributed by atoms with Crippen LogP contribution in [0.25, 0.3) is 0 Å². The quantitative estimate of drug-likeness (QED) is 0.775. The maximum Gasteiger partial charge on any atom is 0.389 e. The van der Waals surface area contributed by atoms with Crippen LogP contribution in [0.5, 0.6) is 0 Å². The van der Waals surface area contributed by atoms with Crippen LogP contribution in [0.3, 0.4) is 0 Å². The van der Waals surface area contributed by atoms with E-state index < -0.39 is 12.6 Å². The molecular weight excluding hydrogens is 253 g/mol. The first-order valence-electron chi connectivity index (χ1n) is 6.68. The summed E-state index contributed by atoms with van der Waals surface area (Å²) in [6, 6.07) is 6.29. The molecule has 0 saturated carbocycles. The molecule has 1 aromatic carbocycles. The smallest absolute Gasteiger partial charge is 0.384 e. The van der Waals surface area contributed by atoms with E-state index in [0.717, 1.165) is 19.5 Å². The van der Waals surface area contributed by atoms with Crippen molar-refractivity contribution in [3.05, 3.63) is 29.3 Å². The minimum Gasteiger partial charge on any atom is -0.384 e. The van der Waals surface area contributed by atoms with Gasteiger partial charge in [-0.2, -0.15) is 13.2 Å². The number of anilines is 1. The Bertz CT molecular complexity index is 416. The number of alkyl halides is 3. The van der Waals surface area contributed by atoms with Crippen LogP contribution in [0, 0.1) is 0 Å². The highest BCUT2D eigenvalue weighted by molar-refractivity contribution is 5.56. The number of hydrogen-bond acceptors (Lipinski definition) is 2. The third-order valence-corrected chi connectivity index (χ3v) is 3.27. The van der Waals surface area contributed by atoms with Crippen molar-refractivity contribution in [1.29, 1.82) is 0 Å².